The van der Waals surface area contributed by atoms with Crippen LogP contribution in [-0.2, 0) is 9.53 Å². The molecule has 2 aromatic rings. The Kier molecular flexibility index (Phi) is 5.71. The molecule has 0 aromatic carbocycles. The number of carbonyl (C=O) groups is 1. The fourth-order valence-corrected chi connectivity index (χ4v) is 4.27. The highest BCUT2D eigenvalue weighted by atomic mass is 16.5. The second-order valence-electron chi connectivity index (χ2n) is 8.11. The lowest BCUT2D eigenvalue weighted by Crippen LogP contribution is -2.31. The molecular formula is C23H28N6O2. The molecule has 2 aliphatic heterocycles. The lowest BCUT2D eigenvalue weighted by molar-refractivity contribution is -0.109. The number of allylic oxidation sites excluding steroid dienone is 2. The van der Waals surface area contributed by atoms with Crippen LogP contribution in [0.1, 0.15) is 25.7 Å². The van der Waals surface area contributed by atoms with Gasteiger partial charge in [-0.15, -0.1) is 5.10 Å². The average molecular weight is 421 g/mol. The average Bonchev–Trinajstić information content (AvgIpc) is 3.15. The summed E-state index contributed by atoms with van der Waals surface area (Å²) >= 11 is 0. The van der Waals surface area contributed by atoms with Crippen molar-refractivity contribution in [1.82, 2.24) is 19.8 Å². The van der Waals surface area contributed by atoms with Crippen LogP contribution in [0.2, 0.25) is 0 Å². The van der Waals surface area contributed by atoms with Crippen molar-refractivity contribution < 1.29 is 9.53 Å². The summed E-state index contributed by atoms with van der Waals surface area (Å²) in [5, 5.41) is 11.3. The van der Waals surface area contributed by atoms with Crippen LogP contribution in [0, 0.1) is 0 Å². The van der Waals surface area contributed by atoms with Crippen LogP contribution in [0.15, 0.2) is 53.0 Å². The number of fused-ring (bicyclic) bond motifs is 2. The van der Waals surface area contributed by atoms with Crippen molar-refractivity contribution >= 4 is 28.5 Å². The molecule has 4 heterocycles. The molecule has 2 N–H and O–H groups in total. The zero-order valence-electron chi connectivity index (χ0n) is 17.6. The van der Waals surface area contributed by atoms with Crippen molar-refractivity contribution in [2.24, 2.45) is 4.99 Å². The zero-order chi connectivity index (χ0) is 21.0. The van der Waals surface area contributed by atoms with Crippen LogP contribution in [0.3, 0.4) is 0 Å². The fourth-order valence-electron chi connectivity index (χ4n) is 4.27. The standard InChI is InChI=1S/C23H28N6O2/c30-20-15-18-21(31-14-9-24-18)16-17(20)26-22-19-7-2-5-13-29(19)27-23(22)25-8-6-12-28-10-3-1-4-11-28/h2,5,7,13,15-16,24H,1,3-4,6,8-12,14H2,(H,25,27). The van der Waals surface area contributed by atoms with E-state index in [1.54, 1.807) is 16.7 Å². The monoisotopic (exact) mass is 420 g/mol. The van der Waals surface area contributed by atoms with E-state index in [9.17, 15) is 4.79 Å². The number of morpholine rings is 1. The summed E-state index contributed by atoms with van der Waals surface area (Å²) < 4.78 is 7.49. The van der Waals surface area contributed by atoms with Gasteiger partial charge in [0.25, 0.3) is 0 Å². The van der Waals surface area contributed by atoms with Crippen molar-refractivity contribution in [3.05, 3.63) is 48.0 Å². The van der Waals surface area contributed by atoms with E-state index in [0.29, 0.717) is 36.1 Å². The maximum atomic E-state index is 12.7. The van der Waals surface area contributed by atoms with Crippen molar-refractivity contribution in [1.29, 1.82) is 0 Å². The zero-order valence-corrected chi connectivity index (χ0v) is 17.6. The number of rotatable bonds is 6. The minimum Gasteiger partial charge on any atom is -0.490 e. The number of likely N-dealkylation sites (tertiary alicyclic amines) is 1. The Bertz CT molecular complexity index is 1060. The SMILES string of the molecule is O=C1C=C2NCCOC2=CC1=Nc1c(NCCCN2CCCCC2)nn2ccccc12. The quantitative estimate of drug-likeness (QED) is 0.552. The van der Waals surface area contributed by atoms with Gasteiger partial charge < -0.3 is 20.3 Å². The first kappa shape index (κ1) is 19.8. The molecule has 8 heteroatoms. The maximum Gasteiger partial charge on any atom is 0.206 e. The summed E-state index contributed by atoms with van der Waals surface area (Å²) in [4.78, 5) is 19.9. The van der Waals surface area contributed by atoms with E-state index in [2.05, 4.69) is 20.6 Å². The lowest BCUT2D eigenvalue weighted by atomic mass is 10.1. The van der Waals surface area contributed by atoms with Crippen molar-refractivity contribution in [3.8, 4) is 0 Å². The topological polar surface area (TPSA) is 83.3 Å². The summed E-state index contributed by atoms with van der Waals surface area (Å²) in [7, 11) is 0. The maximum absolute atomic E-state index is 12.7. The smallest absolute Gasteiger partial charge is 0.206 e. The highest BCUT2D eigenvalue weighted by molar-refractivity contribution is 6.49. The molecule has 2 aromatic heterocycles. The molecule has 0 spiro atoms. The molecule has 0 radical (unpaired) electrons. The van der Waals surface area contributed by atoms with Crippen LogP contribution in [-0.4, -0.2) is 65.3 Å². The van der Waals surface area contributed by atoms with Gasteiger partial charge in [0.1, 0.15) is 23.8 Å². The van der Waals surface area contributed by atoms with Crippen LogP contribution in [0.5, 0.6) is 0 Å². The van der Waals surface area contributed by atoms with Crippen molar-refractivity contribution in [3.63, 3.8) is 0 Å². The van der Waals surface area contributed by atoms with E-state index in [1.165, 1.54) is 32.4 Å². The van der Waals surface area contributed by atoms with E-state index < -0.39 is 0 Å². The Morgan fingerprint density at radius 2 is 2.10 bits per heavy atom. The number of nitrogens with one attached hydrogen (secondary N) is 2. The Labute approximate surface area is 181 Å². The summed E-state index contributed by atoms with van der Waals surface area (Å²) in [5.41, 5.74) is 2.63. The molecule has 2 fully saturated rings. The van der Waals surface area contributed by atoms with Gasteiger partial charge in [-0.2, -0.15) is 0 Å². The minimum absolute atomic E-state index is 0.136. The van der Waals surface area contributed by atoms with Crippen LogP contribution in [0.25, 0.3) is 5.52 Å². The summed E-state index contributed by atoms with van der Waals surface area (Å²) in [6, 6.07) is 5.85. The predicted molar refractivity (Wildman–Crippen MR) is 121 cm³/mol. The minimum atomic E-state index is -0.136. The second kappa shape index (κ2) is 8.93. The van der Waals surface area contributed by atoms with Crippen LogP contribution >= 0.6 is 0 Å². The molecule has 2 saturated heterocycles. The second-order valence-corrected chi connectivity index (χ2v) is 8.11. The molecule has 0 unspecified atom stereocenters. The third-order valence-corrected chi connectivity index (χ3v) is 5.87. The third-order valence-electron chi connectivity index (χ3n) is 5.87. The van der Waals surface area contributed by atoms with Gasteiger partial charge in [0.15, 0.2) is 5.82 Å². The fraction of sp³-hybridized carbons (Fsp3) is 0.435. The molecule has 0 bridgehead atoms. The predicted octanol–water partition coefficient (Wildman–Crippen LogP) is 2.67. The van der Waals surface area contributed by atoms with Crippen molar-refractivity contribution in [2.75, 3.05) is 44.6 Å². The molecule has 5 rings (SSSR count). The first-order valence-electron chi connectivity index (χ1n) is 11.1. The highest BCUT2D eigenvalue weighted by Crippen LogP contribution is 2.31. The molecule has 8 nitrogen and oxygen atoms in total. The van der Waals surface area contributed by atoms with E-state index in [-0.39, 0.29) is 5.78 Å². The Hall–Kier alpha value is -3.13. The molecule has 0 saturated carbocycles. The number of ether oxygens (including phenoxy) is 1. The highest BCUT2D eigenvalue weighted by Gasteiger charge is 2.23. The molecule has 0 amide bonds. The largest absolute Gasteiger partial charge is 0.490 e. The third kappa shape index (κ3) is 4.34. The number of anilines is 1. The number of nitrogens with zero attached hydrogens (tertiary/aromatic N) is 4. The van der Waals surface area contributed by atoms with Crippen LogP contribution < -0.4 is 10.6 Å². The number of hydrogen-bond donors (Lipinski definition) is 2. The van der Waals surface area contributed by atoms with Gasteiger partial charge in [0.05, 0.1) is 11.2 Å². The molecule has 162 valence electrons. The molecule has 3 aliphatic rings. The molecular weight excluding hydrogens is 392 g/mol. The summed E-state index contributed by atoms with van der Waals surface area (Å²) in [5.74, 6) is 1.22. The summed E-state index contributed by atoms with van der Waals surface area (Å²) in [6.45, 7) is 5.58. The van der Waals surface area contributed by atoms with Gasteiger partial charge in [0, 0.05) is 31.4 Å². The van der Waals surface area contributed by atoms with Gasteiger partial charge in [-0.25, -0.2) is 9.51 Å². The lowest BCUT2D eigenvalue weighted by Gasteiger charge is -2.26. The van der Waals surface area contributed by atoms with E-state index in [0.717, 1.165) is 30.7 Å². The first-order chi connectivity index (χ1) is 15.3. The first-order valence-corrected chi connectivity index (χ1v) is 11.1. The Morgan fingerprint density at radius 3 is 3.00 bits per heavy atom. The number of piperidine rings is 1. The number of hydrogen-bond acceptors (Lipinski definition) is 7. The molecule has 1 aliphatic carbocycles. The van der Waals surface area contributed by atoms with Gasteiger partial charge in [0.2, 0.25) is 5.78 Å². The van der Waals surface area contributed by atoms with Crippen molar-refractivity contribution in [2.45, 2.75) is 25.7 Å². The number of pyridine rings is 1. The van der Waals surface area contributed by atoms with Gasteiger partial charge >= 0.3 is 0 Å². The van der Waals surface area contributed by atoms with E-state index in [4.69, 9.17) is 9.73 Å². The van der Waals surface area contributed by atoms with Gasteiger partial charge in [-0.1, -0.05) is 12.5 Å². The van der Waals surface area contributed by atoms with E-state index in [1.807, 2.05) is 24.4 Å². The Morgan fingerprint density at radius 1 is 1.19 bits per heavy atom. The van der Waals surface area contributed by atoms with E-state index >= 15 is 0 Å². The molecule has 31 heavy (non-hydrogen) atoms. The molecule has 0 atom stereocenters. The Balaban J connectivity index is 1.36. The van der Waals surface area contributed by atoms with Gasteiger partial charge in [-0.3, -0.25) is 4.79 Å². The normalized spacial score (nSPS) is 20.6. The van der Waals surface area contributed by atoms with Crippen LogP contribution in [0.4, 0.5) is 11.5 Å². The van der Waals surface area contributed by atoms with Gasteiger partial charge in [-0.05, 0) is 51.0 Å². The number of aliphatic imine (C=N–C) groups is 1. The number of ketones is 1. The summed E-state index contributed by atoms with van der Waals surface area (Å²) in [6.07, 6.45) is 10.2. The number of carbonyl (C=O) groups excluding carboxylic acids is 1. The number of aromatic nitrogens is 2.